The minimum absolute atomic E-state index is 0.0101. The number of pyridine rings is 1. The molecule has 0 atom stereocenters. The Bertz CT molecular complexity index is 915. The molecule has 2 N–H and O–H groups in total. The number of carbonyl (C=O) groups is 1. The fraction of sp³-hybridized carbons (Fsp3) is 0.381. The minimum Gasteiger partial charge on any atom is -0.493 e. The van der Waals surface area contributed by atoms with Gasteiger partial charge in [0.2, 0.25) is 5.91 Å². The van der Waals surface area contributed by atoms with Crippen LogP contribution in [0.2, 0.25) is 0 Å². The molecule has 140 valence electrons. The number of hydrogen-bond donors (Lipinski definition) is 1. The third-order valence-corrected chi connectivity index (χ3v) is 4.64. The first-order chi connectivity index (χ1) is 12.9. The summed E-state index contributed by atoms with van der Waals surface area (Å²) in [6, 6.07) is 9.85. The van der Waals surface area contributed by atoms with Gasteiger partial charge in [-0.1, -0.05) is 26.0 Å². The van der Waals surface area contributed by atoms with Gasteiger partial charge in [0.25, 0.3) is 0 Å². The fourth-order valence-electron chi connectivity index (χ4n) is 3.28. The summed E-state index contributed by atoms with van der Waals surface area (Å²) in [7, 11) is 0. The Balaban J connectivity index is 2.12. The van der Waals surface area contributed by atoms with Gasteiger partial charge >= 0.3 is 0 Å². The second-order valence-electron chi connectivity index (χ2n) is 7.21. The number of amides is 1. The summed E-state index contributed by atoms with van der Waals surface area (Å²) >= 11 is 0. The Labute approximate surface area is 159 Å². The van der Waals surface area contributed by atoms with Crippen LogP contribution >= 0.6 is 0 Å². The lowest BCUT2D eigenvalue weighted by atomic mass is 9.91. The van der Waals surface area contributed by atoms with E-state index >= 15 is 0 Å². The van der Waals surface area contributed by atoms with Gasteiger partial charge in [-0.2, -0.15) is 5.26 Å². The number of nitrogens with zero attached hydrogens (tertiary/aromatic N) is 3. The highest BCUT2D eigenvalue weighted by Gasteiger charge is 2.26. The largest absolute Gasteiger partial charge is 0.493 e. The maximum atomic E-state index is 11.9. The van der Waals surface area contributed by atoms with Gasteiger partial charge in [-0.25, -0.2) is 4.98 Å². The van der Waals surface area contributed by atoms with Crippen molar-refractivity contribution in [1.29, 1.82) is 5.26 Å². The Morgan fingerprint density at radius 1 is 1.44 bits per heavy atom. The molecule has 0 saturated carbocycles. The second-order valence-corrected chi connectivity index (χ2v) is 7.21. The Kier molecular flexibility index (Phi) is 5.31. The summed E-state index contributed by atoms with van der Waals surface area (Å²) in [5.74, 6) is 1.40. The van der Waals surface area contributed by atoms with Gasteiger partial charge in [0, 0.05) is 37.6 Å². The van der Waals surface area contributed by atoms with Crippen molar-refractivity contribution in [2.24, 2.45) is 5.92 Å². The van der Waals surface area contributed by atoms with Crippen molar-refractivity contribution in [3.05, 3.63) is 41.1 Å². The number of fused-ring (bicyclic) bond motifs is 1. The monoisotopic (exact) mass is 364 g/mol. The molecule has 1 amide bonds. The van der Waals surface area contributed by atoms with Crippen LogP contribution in [-0.4, -0.2) is 28.9 Å². The Morgan fingerprint density at radius 3 is 2.89 bits per heavy atom. The van der Waals surface area contributed by atoms with Crippen LogP contribution in [-0.2, 0) is 17.8 Å². The Hall–Kier alpha value is -3.07. The first kappa shape index (κ1) is 18.7. The predicted molar refractivity (Wildman–Crippen MR) is 104 cm³/mol. The molecule has 6 nitrogen and oxygen atoms in total. The smallest absolute Gasteiger partial charge is 0.219 e. The number of aromatic nitrogens is 1. The molecule has 0 spiro atoms. The molecule has 1 aromatic carbocycles. The number of anilines is 1. The van der Waals surface area contributed by atoms with Crippen molar-refractivity contribution in [3.8, 4) is 22.9 Å². The lowest BCUT2D eigenvalue weighted by Gasteiger charge is -2.30. The lowest BCUT2D eigenvalue weighted by Crippen LogP contribution is -2.35. The van der Waals surface area contributed by atoms with Crippen molar-refractivity contribution in [3.63, 3.8) is 0 Å². The maximum absolute atomic E-state index is 11.9. The third kappa shape index (κ3) is 3.87. The molecule has 6 heteroatoms. The molecule has 1 aliphatic heterocycles. The number of nitrogen functional groups attached to an aromatic ring is 1. The zero-order chi connectivity index (χ0) is 19.6. The van der Waals surface area contributed by atoms with E-state index in [0.717, 1.165) is 28.1 Å². The van der Waals surface area contributed by atoms with Gasteiger partial charge in [0.15, 0.2) is 0 Å². The number of carbonyl (C=O) groups excluding carboxylic acids is 1. The third-order valence-electron chi connectivity index (χ3n) is 4.64. The van der Waals surface area contributed by atoms with E-state index in [0.29, 0.717) is 37.6 Å². The molecular formula is C21H24N4O2. The van der Waals surface area contributed by atoms with Gasteiger partial charge in [-0.3, -0.25) is 4.79 Å². The van der Waals surface area contributed by atoms with E-state index < -0.39 is 0 Å². The topological polar surface area (TPSA) is 92.2 Å². The van der Waals surface area contributed by atoms with E-state index in [1.165, 1.54) is 0 Å². The van der Waals surface area contributed by atoms with Gasteiger partial charge < -0.3 is 15.4 Å². The van der Waals surface area contributed by atoms with Crippen molar-refractivity contribution >= 4 is 11.7 Å². The van der Waals surface area contributed by atoms with Crippen LogP contribution in [0.3, 0.4) is 0 Å². The van der Waals surface area contributed by atoms with Crippen LogP contribution < -0.4 is 10.5 Å². The molecule has 0 saturated heterocycles. The molecule has 0 radical (unpaired) electrons. The average molecular weight is 364 g/mol. The van der Waals surface area contributed by atoms with Crippen LogP contribution in [0.1, 0.15) is 37.6 Å². The van der Waals surface area contributed by atoms with Gasteiger partial charge in [-0.05, 0) is 23.6 Å². The van der Waals surface area contributed by atoms with E-state index in [1.54, 1.807) is 11.8 Å². The first-order valence-electron chi connectivity index (χ1n) is 9.10. The molecular weight excluding hydrogens is 340 g/mol. The maximum Gasteiger partial charge on any atom is 0.219 e. The second kappa shape index (κ2) is 7.67. The summed E-state index contributed by atoms with van der Waals surface area (Å²) in [4.78, 5) is 18.1. The molecule has 3 rings (SSSR count). The highest BCUT2D eigenvalue weighted by Crippen LogP contribution is 2.36. The molecule has 0 aliphatic carbocycles. The lowest BCUT2D eigenvalue weighted by molar-refractivity contribution is -0.129. The first-order valence-corrected chi connectivity index (χ1v) is 9.10. The predicted octanol–water partition coefficient (Wildman–Crippen LogP) is 3.14. The van der Waals surface area contributed by atoms with E-state index in [-0.39, 0.29) is 11.7 Å². The van der Waals surface area contributed by atoms with Crippen molar-refractivity contribution in [1.82, 2.24) is 9.88 Å². The number of nitriles is 1. The average Bonchev–Trinajstić information content (AvgIpc) is 2.65. The summed E-state index contributed by atoms with van der Waals surface area (Å²) in [6.45, 7) is 7.39. The fourth-order valence-corrected chi connectivity index (χ4v) is 3.28. The molecule has 2 aromatic rings. The molecule has 2 heterocycles. The standard InChI is InChI=1S/C21H24N4O2/c1-13(2)12-27-16-6-4-5-15(9-16)20-17(10-22)21(23)24-19-7-8-25(14(3)26)11-18(19)20/h4-6,9,13H,7-8,11-12H2,1-3H3,(H2,23,24). The molecule has 0 fully saturated rings. The van der Waals surface area contributed by atoms with E-state index in [2.05, 4.69) is 24.9 Å². The van der Waals surface area contributed by atoms with Crippen LogP contribution in [0.15, 0.2) is 24.3 Å². The summed E-state index contributed by atoms with van der Waals surface area (Å²) < 4.78 is 5.84. The molecule has 1 aliphatic rings. The van der Waals surface area contributed by atoms with E-state index in [4.69, 9.17) is 10.5 Å². The van der Waals surface area contributed by atoms with Crippen molar-refractivity contribution < 1.29 is 9.53 Å². The SMILES string of the molecule is CC(=O)N1CCc2nc(N)c(C#N)c(-c3cccc(OCC(C)C)c3)c2C1. The highest BCUT2D eigenvalue weighted by molar-refractivity contribution is 5.81. The molecule has 27 heavy (non-hydrogen) atoms. The molecule has 0 bridgehead atoms. The van der Waals surface area contributed by atoms with Gasteiger partial charge in [0.1, 0.15) is 23.2 Å². The zero-order valence-electron chi connectivity index (χ0n) is 16.0. The quantitative estimate of drug-likeness (QED) is 0.900. The summed E-state index contributed by atoms with van der Waals surface area (Å²) in [5, 5.41) is 9.70. The minimum atomic E-state index is 0.0101. The van der Waals surface area contributed by atoms with Gasteiger partial charge in [0.05, 0.1) is 12.3 Å². The van der Waals surface area contributed by atoms with E-state index in [1.807, 2.05) is 24.3 Å². The van der Waals surface area contributed by atoms with Crippen LogP contribution in [0.5, 0.6) is 5.75 Å². The van der Waals surface area contributed by atoms with Crippen LogP contribution in [0.25, 0.3) is 11.1 Å². The van der Waals surface area contributed by atoms with Crippen LogP contribution in [0.4, 0.5) is 5.82 Å². The highest BCUT2D eigenvalue weighted by atomic mass is 16.5. The van der Waals surface area contributed by atoms with E-state index in [9.17, 15) is 10.1 Å². The van der Waals surface area contributed by atoms with Crippen LogP contribution in [0, 0.1) is 17.2 Å². The van der Waals surface area contributed by atoms with Crippen molar-refractivity contribution in [2.75, 3.05) is 18.9 Å². The molecule has 0 unspecified atom stereocenters. The van der Waals surface area contributed by atoms with Gasteiger partial charge in [-0.15, -0.1) is 0 Å². The Morgan fingerprint density at radius 2 is 2.22 bits per heavy atom. The number of hydrogen-bond acceptors (Lipinski definition) is 5. The zero-order valence-corrected chi connectivity index (χ0v) is 16.0. The summed E-state index contributed by atoms with van der Waals surface area (Å²) in [6.07, 6.45) is 0.626. The summed E-state index contributed by atoms with van der Waals surface area (Å²) in [5.41, 5.74) is 9.77. The number of rotatable bonds is 4. The number of ether oxygens (including phenoxy) is 1. The number of nitrogens with two attached hydrogens (primary N) is 1. The normalized spacial score (nSPS) is 13.2. The van der Waals surface area contributed by atoms with Crippen molar-refractivity contribution in [2.45, 2.75) is 33.7 Å². The number of benzene rings is 1. The molecule has 1 aromatic heterocycles.